The zero-order valence-corrected chi connectivity index (χ0v) is 14.6. The van der Waals surface area contributed by atoms with E-state index in [-0.39, 0.29) is 16.7 Å². The fourth-order valence-corrected chi connectivity index (χ4v) is 2.74. The first kappa shape index (κ1) is 18.0. The fourth-order valence-electron chi connectivity index (χ4n) is 2.74. The van der Waals surface area contributed by atoms with Crippen LogP contribution in [0.1, 0.15) is 23.0 Å². The molecule has 6 nitrogen and oxygen atoms in total. The highest BCUT2D eigenvalue weighted by atomic mass is 16.4. The van der Waals surface area contributed by atoms with Crippen LogP contribution in [0.3, 0.4) is 0 Å². The molecule has 1 aromatic heterocycles. The molecule has 0 aliphatic carbocycles. The molecule has 0 saturated heterocycles. The number of carbonyl (C=O) groups excluding carboxylic acids is 2. The largest absolute Gasteiger partial charge is 0.478 e. The van der Waals surface area contributed by atoms with Crippen LogP contribution in [0, 0.1) is 12.3 Å². The number of benzene rings is 1. The van der Waals surface area contributed by atoms with Crippen LogP contribution < -0.4 is 0 Å². The highest BCUT2D eigenvalue weighted by molar-refractivity contribution is 6.19. The number of rotatable bonds is 3. The average Bonchev–Trinajstić information content (AvgIpc) is 3.13. The number of likely N-dealkylation sites (N-methyl/N-ethyl adjacent to an activating group) is 1. The van der Waals surface area contributed by atoms with Gasteiger partial charge < -0.3 is 9.52 Å². The zero-order valence-electron chi connectivity index (χ0n) is 14.6. The summed E-state index contributed by atoms with van der Waals surface area (Å²) in [6, 6.07) is 9.63. The van der Waals surface area contributed by atoms with Crippen molar-refractivity contribution in [3.63, 3.8) is 0 Å². The fraction of sp³-hybridized carbons (Fsp3) is 0.0952. The molecule has 3 rings (SSSR count). The van der Waals surface area contributed by atoms with Gasteiger partial charge in [0.2, 0.25) is 0 Å². The monoisotopic (exact) mass is 361 g/mol. The van der Waals surface area contributed by atoms with Crippen LogP contribution >= 0.6 is 0 Å². The number of carboxylic acid groups (broad SMARTS) is 1. The van der Waals surface area contributed by atoms with Crippen molar-refractivity contribution in [2.75, 3.05) is 7.05 Å². The Hall–Kier alpha value is -3.85. The first-order chi connectivity index (χ1) is 12.8. The summed E-state index contributed by atoms with van der Waals surface area (Å²) < 4.78 is 5.75. The van der Waals surface area contributed by atoms with Crippen molar-refractivity contribution in [2.24, 2.45) is 0 Å². The van der Waals surface area contributed by atoms with E-state index in [9.17, 15) is 14.4 Å². The van der Waals surface area contributed by atoms with E-state index in [4.69, 9.17) is 15.9 Å². The van der Waals surface area contributed by atoms with Gasteiger partial charge in [0, 0.05) is 18.2 Å². The van der Waals surface area contributed by atoms with E-state index in [1.54, 1.807) is 31.2 Å². The molecule has 1 aliphatic heterocycles. The van der Waals surface area contributed by atoms with Crippen molar-refractivity contribution in [3.05, 3.63) is 64.4 Å². The van der Waals surface area contributed by atoms with Crippen LogP contribution in [0.5, 0.6) is 0 Å². The summed E-state index contributed by atoms with van der Waals surface area (Å²) in [5.74, 6) is 1.29. The molecule has 1 N–H and O–H groups in total. The van der Waals surface area contributed by atoms with Crippen molar-refractivity contribution in [2.45, 2.75) is 6.92 Å². The van der Waals surface area contributed by atoms with Gasteiger partial charge >= 0.3 is 5.97 Å². The predicted octanol–water partition coefficient (Wildman–Crippen LogP) is 2.98. The maximum Gasteiger partial charge on any atom is 0.335 e. The quantitative estimate of drug-likeness (QED) is 0.516. The van der Waals surface area contributed by atoms with Gasteiger partial charge in [0.15, 0.2) is 0 Å². The second-order valence-electron chi connectivity index (χ2n) is 5.96. The number of nitrogens with zero attached hydrogens (tertiary/aromatic N) is 1. The summed E-state index contributed by atoms with van der Waals surface area (Å²) in [7, 11) is 1.37. The molecular formula is C21H15NO5. The Kier molecular flexibility index (Phi) is 4.53. The van der Waals surface area contributed by atoms with Gasteiger partial charge in [0.1, 0.15) is 11.5 Å². The van der Waals surface area contributed by atoms with Crippen LogP contribution in [-0.4, -0.2) is 34.8 Å². The topological polar surface area (TPSA) is 87.8 Å². The Morgan fingerprint density at radius 1 is 1.15 bits per heavy atom. The van der Waals surface area contributed by atoms with E-state index in [0.717, 1.165) is 4.90 Å². The van der Waals surface area contributed by atoms with Crippen LogP contribution in [0.2, 0.25) is 0 Å². The molecule has 1 aliphatic rings. The van der Waals surface area contributed by atoms with E-state index in [2.05, 4.69) is 5.92 Å². The minimum Gasteiger partial charge on any atom is -0.478 e. The Morgan fingerprint density at radius 2 is 1.81 bits per heavy atom. The number of imide groups is 1. The molecule has 2 heterocycles. The summed E-state index contributed by atoms with van der Waals surface area (Å²) in [5.41, 5.74) is 1.72. The summed E-state index contributed by atoms with van der Waals surface area (Å²) in [5, 5.41) is 8.95. The number of hydrogen-bond donors (Lipinski definition) is 1. The Morgan fingerprint density at radius 3 is 2.41 bits per heavy atom. The van der Waals surface area contributed by atoms with Gasteiger partial charge in [0.05, 0.1) is 11.1 Å². The molecule has 6 heteroatoms. The third-order valence-corrected chi connectivity index (χ3v) is 4.31. The molecule has 0 unspecified atom stereocenters. The molecule has 0 radical (unpaired) electrons. The standard InChI is InChI=1S/C21H15NO5/c1-4-16-12(2)17(20(24)22(3)19(16)23)11-15-9-10-18(27-15)13-5-7-14(8-6-13)21(25)26/h1,5-11H,2-3H3,(H,25,26)/b17-11+. The van der Waals surface area contributed by atoms with Crippen molar-refractivity contribution >= 4 is 23.9 Å². The molecule has 2 aromatic rings. The molecule has 27 heavy (non-hydrogen) atoms. The average molecular weight is 361 g/mol. The molecule has 2 amide bonds. The van der Waals surface area contributed by atoms with Gasteiger partial charge in [0.25, 0.3) is 11.8 Å². The van der Waals surface area contributed by atoms with E-state index in [1.807, 2.05) is 0 Å². The zero-order chi connectivity index (χ0) is 19.7. The smallest absolute Gasteiger partial charge is 0.335 e. The lowest BCUT2D eigenvalue weighted by molar-refractivity contribution is -0.138. The van der Waals surface area contributed by atoms with E-state index >= 15 is 0 Å². The minimum atomic E-state index is -1.01. The first-order valence-corrected chi connectivity index (χ1v) is 7.99. The molecule has 0 saturated carbocycles. The highest BCUT2D eigenvalue weighted by Gasteiger charge is 2.32. The SMILES string of the molecule is C#CC1=C(C)/C(=C\c2ccc(-c3ccc(C(=O)O)cc3)o2)C(=O)N(C)C1=O. The molecular weight excluding hydrogens is 346 g/mol. The Labute approximate surface area is 155 Å². The van der Waals surface area contributed by atoms with Crippen LogP contribution in [0.25, 0.3) is 17.4 Å². The van der Waals surface area contributed by atoms with E-state index in [0.29, 0.717) is 22.7 Å². The number of terminal acetylenes is 1. The third kappa shape index (κ3) is 3.18. The number of amides is 2. The lowest BCUT2D eigenvalue weighted by atomic mass is 9.95. The highest BCUT2D eigenvalue weighted by Crippen LogP contribution is 2.28. The minimum absolute atomic E-state index is 0.138. The molecule has 0 spiro atoms. The summed E-state index contributed by atoms with van der Waals surface area (Å²) in [4.78, 5) is 36.4. The van der Waals surface area contributed by atoms with Gasteiger partial charge in [-0.2, -0.15) is 0 Å². The number of carboxylic acids is 1. The summed E-state index contributed by atoms with van der Waals surface area (Å²) >= 11 is 0. The Bertz CT molecular complexity index is 1060. The van der Waals surface area contributed by atoms with Crippen molar-refractivity contribution in [1.29, 1.82) is 0 Å². The van der Waals surface area contributed by atoms with Gasteiger partial charge in [-0.05, 0) is 42.8 Å². The van der Waals surface area contributed by atoms with Crippen molar-refractivity contribution < 1.29 is 23.9 Å². The second-order valence-corrected chi connectivity index (χ2v) is 5.96. The maximum atomic E-state index is 12.4. The molecule has 0 bridgehead atoms. The normalized spacial score (nSPS) is 16.0. The molecule has 0 atom stereocenters. The molecule has 0 fully saturated rings. The Balaban J connectivity index is 1.98. The maximum absolute atomic E-state index is 12.4. The number of aromatic carboxylic acids is 1. The lowest BCUT2D eigenvalue weighted by Crippen LogP contribution is -2.39. The van der Waals surface area contributed by atoms with E-state index in [1.165, 1.54) is 25.3 Å². The lowest BCUT2D eigenvalue weighted by Gasteiger charge is -2.24. The molecule has 1 aromatic carbocycles. The number of furan rings is 1. The number of hydrogen-bond acceptors (Lipinski definition) is 4. The predicted molar refractivity (Wildman–Crippen MR) is 98.4 cm³/mol. The van der Waals surface area contributed by atoms with Gasteiger partial charge in [-0.3, -0.25) is 14.5 Å². The van der Waals surface area contributed by atoms with Gasteiger partial charge in [-0.25, -0.2) is 4.79 Å². The van der Waals surface area contributed by atoms with Gasteiger partial charge in [-0.15, -0.1) is 6.42 Å². The van der Waals surface area contributed by atoms with Crippen LogP contribution in [0.15, 0.2) is 57.5 Å². The van der Waals surface area contributed by atoms with Gasteiger partial charge in [-0.1, -0.05) is 18.1 Å². The van der Waals surface area contributed by atoms with Crippen LogP contribution in [-0.2, 0) is 9.59 Å². The van der Waals surface area contributed by atoms with E-state index < -0.39 is 17.8 Å². The summed E-state index contributed by atoms with van der Waals surface area (Å²) in [6.07, 6.45) is 6.94. The second kappa shape index (κ2) is 6.81. The summed E-state index contributed by atoms with van der Waals surface area (Å²) in [6.45, 7) is 1.62. The van der Waals surface area contributed by atoms with Crippen molar-refractivity contribution in [1.82, 2.24) is 4.90 Å². The molecule has 134 valence electrons. The number of carbonyl (C=O) groups is 3. The first-order valence-electron chi connectivity index (χ1n) is 7.99. The van der Waals surface area contributed by atoms with Crippen molar-refractivity contribution in [3.8, 4) is 23.7 Å². The third-order valence-electron chi connectivity index (χ3n) is 4.31. The van der Waals surface area contributed by atoms with Crippen LogP contribution in [0.4, 0.5) is 0 Å².